The van der Waals surface area contributed by atoms with Crippen molar-refractivity contribution in [2.45, 2.75) is 5.75 Å². The molecule has 1 amide bonds. The van der Waals surface area contributed by atoms with Gasteiger partial charge in [-0.05, 0) is 41.0 Å². The van der Waals surface area contributed by atoms with Gasteiger partial charge in [0.25, 0.3) is 5.91 Å². The van der Waals surface area contributed by atoms with E-state index in [9.17, 15) is 13.2 Å². The molecular formula is C21H19ClN2O4S. The molecule has 0 aliphatic rings. The second kappa shape index (κ2) is 9.09. The first-order valence-corrected chi connectivity index (χ1v) is 10.8. The Morgan fingerprint density at radius 2 is 1.72 bits per heavy atom. The van der Waals surface area contributed by atoms with Gasteiger partial charge < -0.3 is 10.1 Å². The fraction of sp³-hybridized carbons (Fsp3) is 0.0952. The Morgan fingerprint density at radius 3 is 2.41 bits per heavy atom. The number of amides is 1. The molecule has 0 bridgehead atoms. The fourth-order valence-electron chi connectivity index (χ4n) is 2.74. The molecule has 0 heterocycles. The average Bonchev–Trinajstić information content (AvgIpc) is 2.66. The summed E-state index contributed by atoms with van der Waals surface area (Å²) in [6.07, 6.45) is 0. The molecule has 0 spiro atoms. The molecule has 0 atom stereocenters. The number of carbonyl (C=O) groups excluding carboxylic acids is 1. The van der Waals surface area contributed by atoms with Gasteiger partial charge in [-0.3, -0.25) is 4.79 Å². The van der Waals surface area contributed by atoms with E-state index in [0.29, 0.717) is 22.0 Å². The van der Waals surface area contributed by atoms with Crippen molar-refractivity contribution in [3.8, 4) is 16.9 Å². The van der Waals surface area contributed by atoms with E-state index in [2.05, 4.69) is 5.32 Å². The summed E-state index contributed by atoms with van der Waals surface area (Å²) in [6, 6.07) is 21.6. The molecule has 3 aromatic rings. The molecule has 0 aromatic heterocycles. The number of rotatable bonds is 7. The minimum Gasteiger partial charge on any atom is -0.482 e. The Balaban J connectivity index is 1.60. The molecule has 0 saturated heterocycles. The lowest BCUT2D eigenvalue weighted by Gasteiger charge is -2.11. The van der Waals surface area contributed by atoms with Crippen LogP contribution < -0.4 is 15.2 Å². The average molecular weight is 431 g/mol. The lowest BCUT2D eigenvalue weighted by Crippen LogP contribution is -2.20. The molecule has 0 aliphatic heterocycles. The van der Waals surface area contributed by atoms with Gasteiger partial charge in [0.1, 0.15) is 5.75 Å². The van der Waals surface area contributed by atoms with Crippen molar-refractivity contribution in [1.82, 2.24) is 0 Å². The molecular weight excluding hydrogens is 412 g/mol. The lowest BCUT2D eigenvalue weighted by molar-refractivity contribution is -0.118. The van der Waals surface area contributed by atoms with E-state index >= 15 is 0 Å². The first-order valence-electron chi connectivity index (χ1n) is 8.67. The van der Waals surface area contributed by atoms with Crippen LogP contribution in [-0.4, -0.2) is 20.9 Å². The smallest absolute Gasteiger partial charge is 0.262 e. The van der Waals surface area contributed by atoms with Crippen LogP contribution in [0.3, 0.4) is 0 Å². The number of anilines is 1. The summed E-state index contributed by atoms with van der Waals surface area (Å²) in [4.78, 5) is 12.2. The molecule has 29 heavy (non-hydrogen) atoms. The number of ether oxygens (including phenoxy) is 1. The van der Waals surface area contributed by atoms with Crippen molar-refractivity contribution in [3.05, 3.63) is 83.4 Å². The Bertz CT molecular complexity index is 1120. The summed E-state index contributed by atoms with van der Waals surface area (Å²) in [5, 5.41) is 8.10. The van der Waals surface area contributed by atoms with Crippen LogP contribution in [0.1, 0.15) is 5.56 Å². The van der Waals surface area contributed by atoms with Crippen molar-refractivity contribution < 1.29 is 17.9 Å². The first kappa shape index (κ1) is 20.9. The molecule has 0 fully saturated rings. The predicted molar refractivity (Wildman–Crippen MR) is 114 cm³/mol. The van der Waals surface area contributed by atoms with Crippen LogP contribution in [0.2, 0.25) is 5.02 Å². The summed E-state index contributed by atoms with van der Waals surface area (Å²) >= 11 is 6.28. The summed E-state index contributed by atoms with van der Waals surface area (Å²) in [6.45, 7) is -0.246. The molecule has 0 aliphatic carbocycles. The second-order valence-electron chi connectivity index (χ2n) is 6.36. The van der Waals surface area contributed by atoms with Crippen LogP contribution in [0.5, 0.6) is 5.75 Å². The quantitative estimate of drug-likeness (QED) is 0.595. The Morgan fingerprint density at radius 1 is 0.966 bits per heavy atom. The Labute approximate surface area is 174 Å². The number of sulfonamides is 1. The van der Waals surface area contributed by atoms with Gasteiger partial charge in [-0.25, -0.2) is 13.6 Å². The van der Waals surface area contributed by atoms with E-state index in [1.54, 1.807) is 36.4 Å². The minimum atomic E-state index is -3.65. The van der Waals surface area contributed by atoms with Crippen LogP contribution >= 0.6 is 11.6 Å². The van der Waals surface area contributed by atoms with Crippen molar-refractivity contribution in [1.29, 1.82) is 0 Å². The Kier molecular flexibility index (Phi) is 6.53. The van der Waals surface area contributed by atoms with Gasteiger partial charge in [0.05, 0.1) is 10.8 Å². The lowest BCUT2D eigenvalue weighted by atomic mass is 10.1. The van der Waals surface area contributed by atoms with Gasteiger partial charge in [0.2, 0.25) is 10.0 Å². The molecule has 3 N–H and O–H groups in total. The van der Waals surface area contributed by atoms with Crippen LogP contribution in [-0.2, 0) is 20.6 Å². The van der Waals surface area contributed by atoms with E-state index in [-0.39, 0.29) is 12.4 Å². The van der Waals surface area contributed by atoms with Crippen molar-refractivity contribution in [2.24, 2.45) is 5.14 Å². The van der Waals surface area contributed by atoms with E-state index < -0.39 is 15.9 Å². The highest BCUT2D eigenvalue weighted by Gasteiger charge is 2.10. The third-order valence-electron chi connectivity index (χ3n) is 3.98. The summed E-state index contributed by atoms with van der Waals surface area (Å²) in [7, 11) is -3.65. The van der Waals surface area contributed by atoms with Crippen LogP contribution in [0.4, 0.5) is 5.69 Å². The van der Waals surface area contributed by atoms with Gasteiger partial charge in [-0.1, -0.05) is 60.1 Å². The fourth-order valence-corrected chi connectivity index (χ4v) is 3.62. The standard InChI is InChI=1S/C21H19ClN2O4S/c22-19-12-17(16-6-2-1-3-7-16)9-10-20(19)28-13-21(25)24-18-8-4-5-15(11-18)14-29(23,26)27/h1-12H,13-14H2,(H,24,25)(H2,23,26,27). The van der Waals surface area contributed by atoms with Crippen LogP contribution in [0, 0.1) is 0 Å². The summed E-state index contributed by atoms with van der Waals surface area (Å²) < 4.78 is 27.9. The van der Waals surface area contributed by atoms with E-state index in [4.69, 9.17) is 21.5 Å². The third kappa shape index (κ3) is 6.32. The monoisotopic (exact) mass is 430 g/mol. The number of nitrogens with one attached hydrogen (secondary N) is 1. The van der Waals surface area contributed by atoms with Gasteiger partial charge >= 0.3 is 0 Å². The molecule has 6 nitrogen and oxygen atoms in total. The van der Waals surface area contributed by atoms with E-state index in [0.717, 1.165) is 11.1 Å². The third-order valence-corrected chi connectivity index (χ3v) is 5.01. The molecule has 0 unspecified atom stereocenters. The van der Waals surface area contributed by atoms with Crippen molar-refractivity contribution >= 4 is 33.2 Å². The number of hydrogen-bond acceptors (Lipinski definition) is 4. The highest BCUT2D eigenvalue weighted by molar-refractivity contribution is 7.88. The number of halogens is 1. The molecule has 3 aromatic carbocycles. The minimum absolute atomic E-state index is 0.246. The maximum atomic E-state index is 12.2. The predicted octanol–water partition coefficient (Wildman–Crippen LogP) is 3.81. The zero-order valence-corrected chi connectivity index (χ0v) is 16.9. The maximum Gasteiger partial charge on any atom is 0.262 e. The van der Waals surface area contributed by atoms with Crippen molar-refractivity contribution in [2.75, 3.05) is 11.9 Å². The molecule has 0 radical (unpaired) electrons. The number of primary sulfonamides is 1. The normalized spacial score (nSPS) is 11.1. The van der Waals surface area contributed by atoms with Crippen LogP contribution in [0.15, 0.2) is 72.8 Å². The topological polar surface area (TPSA) is 98.5 Å². The molecule has 0 saturated carbocycles. The highest BCUT2D eigenvalue weighted by atomic mass is 35.5. The molecule has 8 heteroatoms. The van der Waals surface area contributed by atoms with E-state index in [1.165, 1.54) is 0 Å². The van der Waals surface area contributed by atoms with E-state index in [1.807, 2.05) is 36.4 Å². The molecule has 3 rings (SSSR count). The largest absolute Gasteiger partial charge is 0.482 e. The number of nitrogens with two attached hydrogens (primary N) is 1. The zero-order valence-electron chi connectivity index (χ0n) is 15.3. The van der Waals surface area contributed by atoms with Gasteiger partial charge in [0, 0.05) is 5.69 Å². The van der Waals surface area contributed by atoms with Gasteiger partial charge in [-0.15, -0.1) is 0 Å². The van der Waals surface area contributed by atoms with Gasteiger partial charge in [0.15, 0.2) is 6.61 Å². The van der Waals surface area contributed by atoms with Crippen molar-refractivity contribution in [3.63, 3.8) is 0 Å². The zero-order chi connectivity index (χ0) is 20.9. The Hall–Kier alpha value is -2.87. The SMILES string of the molecule is NS(=O)(=O)Cc1cccc(NC(=O)COc2ccc(-c3ccccc3)cc2Cl)c1. The maximum absolute atomic E-state index is 12.2. The number of carbonyl (C=O) groups is 1. The summed E-state index contributed by atoms with van der Waals surface area (Å²) in [5.41, 5.74) is 2.90. The number of benzene rings is 3. The van der Waals surface area contributed by atoms with Gasteiger partial charge in [-0.2, -0.15) is 0 Å². The molecule has 150 valence electrons. The first-order chi connectivity index (χ1) is 13.8. The summed E-state index contributed by atoms with van der Waals surface area (Å²) in [5.74, 6) is -0.318. The number of hydrogen-bond donors (Lipinski definition) is 2. The highest BCUT2D eigenvalue weighted by Crippen LogP contribution is 2.30. The van der Waals surface area contributed by atoms with Crippen LogP contribution in [0.25, 0.3) is 11.1 Å². The second-order valence-corrected chi connectivity index (χ2v) is 8.38.